The summed E-state index contributed by atoms with van der Waals surface area (Å²) in [7, 11) is 0. The van der Waals surface area contributed by atoms with Crippen LogP contribution in [0.4, 0.5) is 0 Å². The smallest absolute Gasteiger partial charge is 0.164 e. The van der Waals surface area contributed by atoms with Gasteiger partial charge in [0.2, 0.25) is 0 Å². The van der Waals surface area contributed by atoms with E-state index in [1.807, 2.05) is 6.08 Å². The van der Waals surface area contributed by atoms with Crippen LogP contribution in [0.3, 0.4) is 0 Å². The Kier molecular flexibility index (Phi) is 3.77. The van der Waals surface area contributed by atoms with Crippen LogP contribution in [-0.4, -0.2) is 22.3 Å². The summed E-state index contributed by atoms with van der Waals surface area (Å²) in [5, 5.41) is 11.1. The minimum absolute atomic E-state index is 0.00892. The number of Topliss-reactive ketones (excluding diaryl/α,β-unsaturated/α-hetero) is 1. The highest BCUT2D eigenvalue weighted by Gasteiger charge is 2.63. The first-order valence-corrected chi connectivity index (χ1v) is 10.2. The molecule has 4 aliphatic rings. The topological polar surface area (TPSA) is 54.4 Å². The van der Waals surface area contributed by atoms with E-state index < -0.39 is 5.60 Å². The van der Waals surface area contributed by atoms with Gasteiger partial charge >= 0.3 is 0 Å². The van der Waals surface area contributed by atoms with Gasteiger partial charge in [-0.15, -0.1) is 0 Å². The molecule has 7 atom stereocenters. The molecule has 3 nitrogen and oxygen atoms in total. The molecule has 3 heteroatoms. The van der Waals surface area contributed by atoms with Crippen molar-refractivity contribution in [1.82, 2.24) is 0 Å². The first-order chi connectivity index (χ1) is 12.0. The molecule has 0 amide bonds. The molecule has 26 heavy (non-hydrogen) atoms. The number of ketones is 2. The number of allylic oxidation sites excluding steroid dienone is 4. The fraction of sp³-hybridized carbons (Fsp3) is 0.739. The Morgan fingerprint density at radius 1 is 1.12 bits per heavy atom. The molecule has 142 valence electrons. The second-order valence-electron chi connectivity index (χ2n) is 10.0. The fourth-order valence-electron chi connectivity index (χ4n) is 7.07. The lowest BCUT2D eigenvalue weighted by Crippen LogP contribution is -2.63. The average Bonchev–Trinajstić information content (AvgIpc) is 2.55. The molecule has 0 heterocycles. The van der Waals surface area contributed by atoms with Gasteiger partial charge in [0.1, 0.15) is 5.60 Å². The average molecular weight is 357 g/mol. The summed E-state index contributed by atoms with van der Waals surface area (Å²) in [5.74, 6) is 1.79. The largest absolute Gasteiger partial charge is 0.382 e. The van der Waals surface area contributed by atoms with Crippen molar-refractivity contribution in [2.75, 3.05) is 0 Å². The van der Waals surface area contributed by atoms with Gasteiger partial charge in [-0.1, -0.05) is 32.4 Å². The molecule has 1 N–H and O–H groups in total. The van der Waals surface area contributed by atoms with Crippen molar-refractivity contribution in [2.45, 2.75) is 72.3 Å². The minimum atomic E-state index is -1.23. The number of hydrogen-bond acceptors (Lipinski definition) is 3. The standard InChI is InChI=1S/C23H32O3/c1-13-10-16-17-6-7-20(25)23(5,26)21(17,3)9-8-18(16)22(4)14(2)11-15(24)12-19(13)22/h10,12,14,16-18,26H,6-9,11H2,1-5H3/t14-,16?,17?,18?,21?,22?,23+/m0/s1. The lowest BCUT2D eigenvalue weighted by Gasteiger charge is -2.63. The third kappa shape index (κ3) is 2.04. The first-order valence-electron chi connectivity index (χ1n) is 10.2. The molecule has 0 aromatic rings. The number of rotatable bonds is 0. The van der Waals surface area contributed by atoms with E-state index in [2.05, 4.69) is 33.8 Å². The van der Waals surface area contributed by atoms with E-state index in [0.29, 0.717) is 36.5 Å². The SMILES string of the molecule is CC1=CC2C(CCC3(C)C2CCC(=O)[C@@]3(C)O)C2(C)C1=CC(=O)C[C@@H]2C. The second-order valence-corrected chi connectivity index (χ2v) is 10.0. The second kappa shape index (κ2) is 5.41. The van der Waals surface area contributed by atoms with Gasteiger partial charge < -0.3 is 5.11 Å². The zero-order valence-corrected chi connectivity index (χ0v) is 16.8. The van der Waals surface area contributed by atoms with Crippen LogP contribution in [-0.2, 0) is 9.59 Å². The van der Waals surface area contributed by atoms with Crippen LogP contribution in [0.25, 0.3) is 0 Å². The van der Waals surface area contributed by atoms with Gasteiger partial charge in [0, 0.05) is 18.3 Å². The zero-order valence-electron chi connectivity index (χ0n) is 16.8. The Hall–Kier alpha value is -1.22. The normalized spacial score (nSPS) is 51.0. The van der Waals surface area contributed by atoms with Crippen LogP contribution >= 0.6 is 0 Å². The molecular formula is C23H32O3. The molecule has 2 saturated carbocycles. The number of fused-ring (bicyclic) bond motifs is 5. The van der Waals surface area contributed by atoms with Crippen molar-refractivity contribution < 1.29 is 14.7 Å². The monoisotopic (exact) mass is 356 g/mol. The van der Waals surface area contributed by atoms with Crippen LogP contribution in [0.5, 0.6) is 0 Å². The van der Waals surface area contributed by atoms with Crippen LogP contribution in [0.15, 0.2) is 23.3 Å². The van der Waals surface area contributed by atoms with Crippen LogP contribution < -0.4 is 0 Å². The molecule has 0 aromatic carbocycles. The fourth-order valence-corrected chi connectivity index (χ4v) is 7.07. The van der Waals surface area contributed by atoms with Crippen molar-refractivity contribution in [3.8, 4) is 0 Å². The molecular weight excluding hydrogens is 324 g/mol. The summed E-state index contributed by atoms with van der Waals surface area (Å²) < 4.78 is 0. The van der Waals surface area contributed by atoms with Crippen LogP contribution in [0.2, 0.25) is 0 Å². The Morgan fingerprint density at radius 2 is 1.81 bits per heavy atom. The highest BCUT2D eigenvalue weighted by atomic mass is 16.3. The van der Waals surface area contributed by atoms with Crippen molar-refractivity contribution >= 4 is 11.6 Å². The van der Waals surface area contributed by atoms with Crippen molar-refractivity contribution in [2.24, 2.45) is 34.5 Å². The van der Waals surface area contributed by atoms with E-state index in [9.17, 15) is 14.7 Å². The van der Waals surface area contributed by atoms with Crippen LogP contribution in [0.1, 0.15) is 66.7 Å². The quantitative estimate of drug-likeness (QED) is 0.706. The van der Waals surface area contributed by atoms with E-state index >= 15 is 0 Å². The Labute approximate surface area is 156 Å². The van der Waals surface area contributed by atoms with Gasteiger partial charge in [-0.05, 0) is 73.8 Å². The Bertz CT molecular complexity index is 743. The molecule has 0 radical (unpaired) electrons. The van der Waals surface area contributed by atoms with Crippen molar-refractivity contribution in [3.63, 3.8) is 0 Å². The summed E-state index contributed by atoms with van der Waals surface area (Å²) in [4.78, 5) is 24.7. The third-order valence-corrected chi connectivity index (χ3v) is 9.11. The highest BCUT2D eigenvalue weighted by molar-refractivity contribution is 5.93. The summed E-state index contributed by atoms with van der Waals surface area (Å²) in [5.41, 5.74) is 0.907. The maximum absolute atomic E-state index is 12.5. The molecule has 0 aliphatic heterocycles. The van der Waals surface area contributed by atoms with Gasteiger partial charge in [-0.2, -0.15) is 0 Å². The predicted molar refractivity (Wildman–Crippen MR) is 101 cm³/mol. The Balaban J connectivity index is 1.84. The number of carbonyl (C=O) groups is 2. The van der Waals surface area contributed by atoms with E-state index in [4.69, 9.17) is 0 Å². The van der Waals surface area contributed by atoms with E-state index in [1.54, 1.807) is 6.92 Å². The van der Waals surface area contributed by atoms with Crippen molar-refractivity contribution in [1.29, 1.82) is 0 Å². The van der Waals surface area contributed by atoms with Crippen LogP contribution in [0, 0.1) is 34.5 Å². The van der Waals surface area contributed by atoms with E-state index in [1.165, 1.54) is 11.1 Å². The van der Waals surface area contributed by atoms with Crippen molar-refractivity contribution in [3.05, 3.63) is 23.3 Å². The first kappa shape index (κ1) is 18.2. The molecule has 0 saturated heterocycles. The minimum Gasteiger partial charge on any atom is -0.382 e. The summed E-state index contributed by atoms with van der Waals surface area (Å²) in [6.45, 7) is 10.6. The summed E-state index contributed by atoms with van der Waals surface area (Å²) >= 11 is 0. The molecule has 5 unspecified atom stereocenters. The van der Waals surface area contributed by atoms with E-state index in [-0.39, 0.29) is 22.4 Å². The van der Waals surface area contributed by atoms with Gasteiger partial charge in [0.05, 0.1) is 0 Å². The molecule has 4 rings (SSSR count). The number of aliphatic hydroxyl groups is 1. The maximum Gasteiger partial charge on any atom is 0.164 e. The zero-order chi connectivity index (χ0) is 19.1. The lowest BCUT2D eigenvalue weighted by atomic mass is 9.42. The number of hydrogen-bond donors (Lipinski definition) is 1. The Morgan fingerprint density at radius 3 is 2.50 bits per heavy atom. The van der Waals surface area contributed by atoms with Gasteiger partial charge in [0.15, 0.2) is 11.6 Å². The highest BCUT2D eigenvalue weighted by Crippen LogP contribution is 2.66. The third-order valence-electron chi connectivity index (χ3n) is 9.11. The van der Waals surface area contributed by atoms with E-state index in [0.717, 1.165) is 19.3 Å². The molecule has 0 spiro atoms. The predicted octanol–water partition coefficient (Wildman–Crippen LogP) is 4.25. The number of carbonyl (C=O) groups excluding carboxylic acids is 2. The lowest BCUT2D eigenvalue weighted by molar-refractivity contribution is -0.183. The van der Waals surface area contributed by atoms with Gasteiger partial charge in [-0.25, -0.2) is 0 Å². The summed E-state index contributed by atoms with van der Waals surface area (Å²) in [6.07, 6.45) is 8.16. The summed E-state index contributed by atoms with van der Waals surface area (Å²) in [6, 6.07) is 0. The maximum atomic E-state index is 12.5. The van der Waals surface area contributed by atoms with Gasteiger partial charge in [0.25, 0.3) is 0 Å². The molecule has 2 fully saturated rings. The molecule has 0 aromatic heterocycles. The van der Waals surface area contributed by atoms with Gasteiger partial charge in [-0.3, -0.25) is 9.59 Å². The molecule has 0 bridgehead atoms. The molecule has 4 aliphatic carbocycles.